The van der Waals surface area contributed by atoms with Crippen LogP contribution < -0.4 is 10.6 Å². The summed E-state index contributed by atoms with van der Waals surface area (Å²) in [5.41, 5.74) is 2.06. The number of aryl methyl sites for hydroxylation is 1. The SMILES string of the molecule is CN=C(NCc1cccc(C)n1)NCC(C)Cc1cccs1.I. The topological polar surface area (TPSA) is 49.3 Å². The highest BCUT2D eigenvalue weighted by Crippen LogP contribution is 2.13. The van der Waals surface area contributed by atoms with E-state index in [0.717, 1.165) is 30.3 Å². The second-order valence-electron chi connectivity index (χ2n) is 5.47. The number of thiophene rings is 1. The predicted molar refractivity (Wildman–Crippen MR) is 110 cm³/mol. The number of rotatable bonds is 6. The summed E-state index contributed by atoms with van der Waals surface area (Å²) in [4.78, 5) is 10.2. The number of aliphatic imine (C=N–C) groups is 1. The van der Waals surface area contributed by atoms with Crippen molar-refractivity contribution in [1.82, 2.24) is 15.6 Å². The van der Waals surface area contributed by atoms with E-state index in [1.165, 1.54) is 4.88 Å². The molecule has 0 fully saturated rings. The van der Waals surface area contributed by atoms with E-state index in [9.17, 15) is 0 Å². The van der Waals surface area contributed by atoms with Gasteiger partial charge < -0.3 is 10.6 Å². The van der Waals surface area contributed by atoms with Crippen molar-refractivity contribution < 1.29 is 0 Å². The van der Waals surface area contributed by atoms with Gasteiger partial charge in [0.25, 0.3) is 0 Å². The molecule has 0 bridgehead atoms. The van der Waals surface area contributed by atoms with Gasteiger partial charge in [0.05, 0.1) is 12.2 Å². The van der Waals surface area contributed by atoms with Crippen LogP contribution in [0.15, 0.2) is 40.7 Å². The summed E-state index contributed by atoms with van der Waals surface area (Å²) >= 11 is 1.82. The van der Waals surface area contributed by atoms with Gasteiger partial charge in [-0.05, 0) is 42.8 Å². The summed E-state index contributed by atoms with van der Waals surface area (Å²) < 4.78 is 0. The third-order valence-electron chi connectivity index (χ3n) is 3.35. The van der Waals surface area contributed by atoms with Crippen LogP contribution in [-0.2, 0) is 13.0 Å². The molecule has 0 spiro atoms. The van der Waals surface area contributed by atoms with E-state index in [4.69, 9.17) is 0 Å². The molecule has 0 amide bonds. The molecule has 126 valence electrons. The van der Waals surface area contributed by atoms with E-state index in [0.29, 0.717) is 12.5 Å². The average Bonchev–Trinajstić information content (AvgIpc) is 3.00. The van der Waals surface area contributed by atoms with Crippen molar-refractivity contribution in [3.63, 3.8) is 0 Å². The molecule has 2 aromatic rings. The Bertz CT molecular complexity index is 598. The van der Waals surface area contributed by atoms with Crippen molar-refractivity contribution >= 4 is 41.3 Å². The van der Waals surface area contributed by atoms with E-state index < -0.39 is 0 Å². The summed E-state index contributed by atoms with van der Waals surface area (Å²) in [6, 6.07) is 10.3. The van der Waals surface area contributed by atoms with Gasteiger partial charge in [-0.25, -0.2) is 0 Å². The van der Waals surface area contributed by atoms with Gasteiger partial charge in [-0.3, -0.25) is 9.98 Å². The Labute approximate surface area is 159 Å². The first kappa shape index (κ1) is 19.9. The fraction of sp³-hybridized carbons (Fsp3) is 0.412. The van der Waals surface area contributed by atoms with E-state index in [2.05, 4.69) is 45.0 Å². The van der Waals surface area contributed by atoms with E-state index in [-0.39, 0.29) is 24.0 Å². The van der Waals surface area contributed by atoms with Gasteiger partial charge >= 0.3 is 0 Å². The van der Waals surface area contributed by atoms with Crippen LogP contribution in [-0.4, -0.2) is 24.5 Å². The van der Waals surface area contributed by atoms with Crippen molar-refractivity contribution in [2.75, 3.05) is 13.6 Å². The van der Waals surface area contributed by atoms with Crippen molar-refractivity contribution in [2.24, 2.45) is 10.9 Å². The Morgan fingerprint density at radius 2 is 2.09 bits per heavy atom. The minimum atomic E-state index is 0. The Hall–Kier alpha value is -1.15. The zero-order valence-corrected chi connectivity index (χ0v) is 17.0. The minimum Gasteiger partial charge on any atom is -0.356 e. The van der Waals surface area contributed by atoms with E-state index in [1.54, 1.807) is 7.05 Å². The number of nitrogens with one attached hydrogen (secondary N) is 2. The van der Waals surface area contributed by atoms with Crippen LogP contribution in [0.2, 0.25) is 0 Å². The highest BCUT2D eigenvalue weighted by atomic mass is 127. The maximum Gasteiger partial charge on any atom is 0.191 e. The summed E-state index contributed by atoms with van der Waals surface area (Å²) in [6.07, 6.45) is 1.10. The van der Waals surface area contributed by atoms with Crippen LogP contribution in [0, 0.1) is 12.8 Å². The first-order valence-electron chi connectivity index (χ1n) is 7.57. The molecule has 2 heterocycles. The minimum absolute atomic E-state index is 0. The van der Waals surface area contributed by atoms with Gasteiger partial charge in [0.2, 0.25) is 0 Å². The zero-order valence-electron chi connectivity index (χ0n) is 13.9. The van der Waals surface area contributed by atoms with Gasteiger partial charge in [-0.15, -0.1) is 35.3 Å². The average molecular weight is 444 g/mol. The third-order valence-corrected chi connectivity index (χ3v) is 4.25. The molecule has 6 heteroatoms. The molecule has 23 heavy (non-hydrogen) atoms. The maximum atomic E-state index is 4.48. The monoisotopic (exact) mass is 444 g/mol. The number of aromatic nitrogens is 1. The summed E-state index contributed by atoms with van der Waals surface area (Å²) in [5, 5.41) is 8.82. The fourth-order valence-corrected chi connectivity index (χ4v) is 3.08. The normalized spacial score (nSPS) is 12.4. The maximum absolute atomic E-state index is 4.48. The van der Waals surface area contributed by atoms with Crippen molar-refractivity contribution in [2.45, 2.75) is 26.8 Å². The highest BCUT2D eigenvalue weighted by molar-refractivity contribution is 14.0. The van der Waals surface area contributed by atoms with Gasteiger partial charge in [0.15, 0.2) is 5.96 Å². The third kappa shape index (κ3) is 7.30. The predicted octanol–water partition coefficient (Wildman–Crippen LogP) is 3.61. The number of hydrogen-bond donors (Lipinski definition) is 2. The lowest BCUT2D eigenvalue weighted by Crippen LogP contribution is -2.39. The standard InChI is InChI=1S/C17H24N4S.HI/c1-13(10-16-8-5-9-22-16)11-19-17(18-3)20-12-15-7-4-6-14(2)21-15;/h4-9,13H,10-12H2,1-3H3,(H2,18,19,20);1H. The van der Waals surface area contributed by atoms with Crippen molar-refractivity contribution in [1.29, 1.82) is 0 Å². The molecule has 1 atom stereocenters. The Morgan fingerprint density at radius 3 is 2.74 bits per heavy atom. The van der Waals surface area contributed by atoms with Gasteiger partial charge in [0, 0.05) is 24.2 Å². The van der Waals surface area contributed by atoms with Crippen LogP contribution >= 0.6 is 35.3 Å². The second-order valence-corrected chi connectivity index (χ2v) is 6.50. The lowest BCUT2D eigenvalue weighted by Gasteiger charge is -2.15. The summed E-state index contributed by atoms with van der Waals surface area (Å²) in [5.74, 6) is 1.38. The number of guanidine groups is 1. The number of halogens is 1. The molecule has 0 aliphatic rings. The van der Waals surface area contributed by atoms with Gasteiger partial charge in [-0.2, -0.15) is 0 Å². The largest absolute Gasteiger partial charge is 0.356 e. The molecule has 0 aliphatic heterocycles. The highest BCUT2D eigenvalue weighted by Gasteiger charge is 2.06. The molecule has 0 radical (unpaired) electrons. The molecular weight excluding hydrogens is 419 g/mol. The smallest absolute Gasteiger partial charge is 0.191 e. The van der Waals surface area contributed by atoms with Crippen LogP contribution in [0.3, 0.4) is 0 Å². The lowest BCUT2D eigenvalue weighted by atomic mass is 10.1. The first-order chi connectivity index (χ1) is 10.7. The molecule has 2 aromatic heterocycles. The number of hydrogen-bond acceptors (Lipinski definition) is 3. The molecule has 0 saturated heterocycles. The summed E-state index contributed by atoms with van der Waals surface area (Å²) in [7, 11) is 1.79. The van der Waals surface area contributed by atoms with Crippen LogP contribution in [0.25, 0.3) is 0 Å². The van der Waals surface area contributed by atoms with E-state index >= 15 is 0 Å². The van der Waals surface area contributed by atoms with Gasteiger partial charge in [0.1, 0.15) is 0 Å². The molecule has 0 aliphatic carbocycles. The van der Waals surface area contributed by atoms with Crippen molar-refractivity contribution in [3.05, 3.63) is 52.0 Å². The molecular formula is C17H25IN4S. The molecule has 2 rings (SSSR count). The molecule has 0 aromatic carbocycles. The molecule has 2 N–H and O–H groups in total. The number of nitrogens with zero attached hydrogens (tertiary/aromatic N) is 2. The Kier molecular flexibility index (Phi) is 9.16. The molecule has 4 nitrogen and oxygen atoms in total. The van der Waals surface area contributed by atoms with Crippen LogP contribution in [0.1, 0.15) is 23.2 Å². The zero-order chi connectivity index (χ0) is 15.8. The molecule has 0 saturated carbocycles. The molecule has 1 unspecified atom stereocenters. The lowest BCUT2D eigenvalue weighted by molar-refractivity contribution is 0.561. The van der Waals surface area contributed by atoms with E-state index in [1.807, 2.05) is 36.5 Å². The second kappa shape index (κ2) is 10.6. The quantitative estimate of drug-likeness (QED) is 0.407. The van der Waals surface area contributed by atoms with Crippen molar-refractivity contribution in [3.8, 4) is 0 Å². The Morgan fingerprint density at radius 1 is 1.26 bits per heavy atom. The van der Waals surface area contributed by atoms with Crippen LogP contribution in [0.5, 0.6) is 0 Å². The fourth-order valence-electron chi connectivity index (χ4n) is 2.21. The first-order valence-corrected chi connectivity index (χ1v) is 8.44. The van der Waals surface area contributed by atoms with Crippen LogP contribution in [0.4, 0.5) is 0 Å². The van der Waals surface area contributed by atoms with Gasteiger partial charge in [-0.1, -0.05) is 19.1 Å². The number of pyridine rings is 1. The Balaban J connectivity index is 0.00000264. The summed E-state index contributed by atoms with van der Waals surface area (Å²) in [6.45, 7) is 5.84.